The van der Waals surface area contributed by atoms with Crippen molar-refractivity contribution < 1.29 is 33.6 Å². The Hall–Kier alpha value is -1.51. The van der Waals surface area contributed by atoms with Gasteiger partial charge in [-0.25, -0.2) is 0 Å². The van der Waals surface area contributed by atoms with Crippen LogP contribution >= 0.6 is 0 Å². The third kappa shape index (κ3) is 3.39. The van der Waals surface area contributed by atoms with Gasteiger partial charge in [0.2, 0.25) is 0 Å². The lowest BCUT2D eigenvalue weighted by molar-refractivity contribution is -0.358. The van der Waals surface area contributed by atoms with E-state index < -0.39 is 43.0 Å². The summed E-state index contributed by atoms with van der Waals surface area (Å²) >= 11 is 0. The molecule has 126 valence electrons. The Morgan fingerprint density at radius 1 is 1.26 bits per heavy atom. The number of ether oxygens (including phenoxy) is 5. The normalized spacial score (nSPS) is 37.0. The highest BCUT2D eigenvalue weighted by molar-refractivity contribution is 5.66. The minimum absolute atomic E-state index is 0.244. The summed E-state index contributed by atoms with van der Waals surface area (Å²) in [5.41, 5.74) is 0.844. The highest BCUT2D eigenvalue weighted by Crippen LogP contribution is 2.35. The Balaban J connectivity index is 1.76. The molecule has 0 saturated carbocycles. The molecule has 2 fully saturated rings. The van der Waals surface area contributed by atoms with Gasteiger partial charge in [0, 0.05) is 19.6 Å². The average Bonchev–Trinajstić information content (AvgIpc) is 2.57. The molecule has 2 heterocycles. The first-order chi connectivity index (χ1) is 11.1. The Kier molecular flexibility index (Phi) is 4.93. The van der Waals surface area contributed by atoms with Gasteiger partial charge in [0.25, 0.3) is 0 Å². The summed E-state index contributed by atoms with van der Waals surface area (Å²) in [5, 5.41) is 10.6. The molecule has 6 atom stereocenters. The first-order valence-corrected chi connectivity index (χ1v) is 7.45. The molecule has 3 rings (SSSR count). The maximum absolute atomic E-state index is 11.3. The largest absolute Gasteiger partial charge is 0.454 e. The Bertz CT molecular complexity index is 534. The lowest BCUT2D eigenvalue weighted by atomic mass is 9.97. The monoisotopic (exact) mass is 324 g/mol. The number of methoxy groups -OCH3 is 1. The number of fused-ring (bicyclic) bond motifs is 1. The molecule has 0 amide bonds. The SMILES string of the molecule is CO[C@H]1O[C@@H]2CO[C@@H](c3ccccc3)O[C@H]2[C@H](O)[C@@H]1OC(C)=O. The van der Waals surface area contributed by atoms with Crippen molar-refractivity contribution >= 4 is 5.97 Å². The summed E-state index contributed by atoms with van der Waals surface area (Å²) in [7, 11) is 1.42. The van der Waals surface area contributed by atoms with Gasteiger partial charge < -0.3 is 28.8 Å². The van der Waals surface area contributed by atoms with Gasteiger partial charge in [0.1, 0.15) is 18.3 Å². The molecule has 0 aliphatic carbocycles. The van der Waals surface area contributed by atoms with Crippen molar-refractivity contribution in [1.82, 2.24) is 0 Å². The number of aliphatic hydroxyl groups excluding tert-OH is 1. The zero-order chi connectivity index (χ0) is 16.4. The van der Waals surface area contributed by atoms with Gasteiger partial charge in [0.15, 0.2) is 18.7 Å². The predicted octanol–water partition coefficient (Wildman–Crippen LogP) is 0.764. The van der Waals surface area contributed by atoms with Gasteiger partial charge in [-0.1, -0.05) is 30.3 Å². The average molecular weight is 324 g/mol. The highest BCUT2D eigenvalue weighted by Gasteiger charge is 2.51. The maximum atomic E-state index is 11.3. The van der Waals surface area contributed by atoms with Crippen molar-refractivity contribution in [3.63, 3.8) is 0 Å². The summed E-state index contributed by atoms with van der Waals surface area (Å²) in [5.74, 6) is -0.523. The zero-order valence-corrected chi connectivity index (χ0v) is 13.0. The molecule has 2 aliphatic rings. The second-order valence-electron chi connectivity index (χ2n) is 5.52. The van der Waals surface area contributed by atoms with Crippen molar-refractivity contribution in [3.05, 3.63) is 35.9 Å². The zero-order valence-electron chi connectivity index (χ0n) is 13.0. The summed E-state index contributed by atoms with van der Waals surface area (Å²) in [6.45, 7) is 1.51. The van der Waals surface area contributed by atoms with Crippen molar-refractivity contribution in [3.8, 4) is 0 Å². The molecule has 1 aromatic carbocycles. The van der Waals surface area contributed by atoms with E-state index in [0.717, 1.165) is 5.56 Å². The van der Waals surface area contributed by atoms with Gasteiger partial charge in [-0.05, 0) is 0 Å². The van der Waals surface area contributed by atoms with Gasteiger partial charge in [0.05, 0.1) is 6.61 Å². The van der Waals surface area contributed by atoms with Crippen LogP contribution in [0.15, 0.2) is 30.3 Å². The molecule has 0 radical (unpaired) electrons. The van der Waals surface area contributed by atoms with E-state index >= 15 is 0 Å². The van der Waals surface area contributed by atoms with E-state index in [2.05, 4.69) is 0 Å². The smallest absolute Gasteiger partial charge is 0.303 e. The Morgan fingerprint density at radius 2 is 2.00 bits per heavy atom. The third-order valence-electron chi connectivity index (χ3n) is 3.92. The standard InChI is InChI=1S/C16H20O7/c1-9(17)21-14-12(18)13-11(22-16(14)19-2)8-20-15(23-13)10-6-4-3-5-7-10/h3-7,11-16,18H,8H2,1-2H3/t11-,12+,13-,14+,15-,16+/m1/s1. The van der Waals surface area contributed by atoms with Gasteiger partial charge in [-0.3, -0.25) is 4.79 Å². The number of carbonyl (C=O) groups excluding carboxylic acids is 1. The molecule has 1 N–H and O–H groups in total. The molecule has 7 heteroatoms. The van der Waals surface area contributed by atoms with Crippen LogP contribution in [-0.2, 0) is 28.5 Å². The Labute approximate surface area is 134 Å². The van der Waals surface area contributed by atoms with E-state index in [1.54, 1.807) is 0 Å². The molecule has 0 bridgehead atoms. The minimum Gasteiger partial charge on any atom is -0.454 e. The van der Waals surface area contributed by atoms with E-state index in [4.69, 9.17) is 23.7 Å². The minimum atomic E-state index is -1.07. The first kappa shape index (κ1) is 16.4. The van der Waals surface area contributed by atoms with Crippen LogP contribution in [0, 0.1) is 0 Å². The van der Waals surface area contributed by atoms with Crippen LogP contribution in [0.1, 0.15) is 18.8 Å². The fourth-order valence-electron chi connectivity index (χ4n) is 2.85. The molecule has 2 saturated heterocycles. The summed E-state index contributed by atoms with van der Waals surface area (Å²) < 4.78 is 27.5. The molecular formula is C16H20O7. The van der Waals surface area contributed by atoms with Crippen molar-refractivity contribution in [1.29, 1.82) is 0 Å². The van der Waals surface area contributed by atoms with Crippen LogP contribution in [0.4, 0.5) is 0 Å². The summed E-state index contributed by atoms with van der Waals surface area (Å²) in [4.78, 5) is 11.3. The van der Waals surface area contributed by atoms with E-state index in [1.807, 2.05) is 30.3 Å². The number of rotatable bonds is 3. The van der Waals surface area contributed by atoms with Crippen molar-refractivity contribution in [2.45, 2.75) is 43.9 Å². The van der Waals surface area contributed by atoms with Crippen LogP contribution in [0.2, 0.25) is 0 Å². The first-order valence-electron chi connectivity index (χ1n) is 7.45. The van der Waals surface area contributed by atoms with Gasteiger partial charge in [-0.15, -0.1) is 0 Å². The van der Waals surface area contributed by atoms with E-state index in [0.29, 0.717) is 0 Å². The van der Waals surface area contributed by atoms with Gasteiger partial charge >= 0.3 is 5.97 Å². The second kappa shape index (κ2) is 6.94. The molecule has 0 aromatic heterocycles. The lowest BCUT2D eigenvalue weighted by Gasteiger charge is -2.46. The van der Waals surface area contributed by atoms with E-state index in [1.165, 1.54) is 14.0 Å². The van der Waals surface area contributed by atoms with E-state index in [9.17, 15) is 9.90 Å². The van der Waals surface area contributed by atoms with E-state index in [-0.39, 0.29) is 6.61 Å². The number of hydrogen-bond acceptors (Lipinski definition) is 7. The van der Waals surface area contributed by atoms with Crippen molar-refractivity contribution in [2.75, 3.05) is 13.7 Å². The van der Waals surface area contributed by atoms with Crippen LogP contribution in [-0.4, -0.2) is 55.5 Å². The number of esters is 1. The van der Waals surface area contributed by atoms with Crippen LogP contribution in [0.3, 0.4) is 0 Å². The molecule has 1 aromatic rings. The van der Waals surface area contributed by atoms with Gasteiger partial charge in [-0.2, -0.15) is 0 Å². The molecule has 0 unspecified atom stereocenters. The highest BCUT2D eigenvalue weighted by atomic mass is 16.8. The van der Waals surface area contributed by atoms with Crippen molar-refractivity contribution in [2.24, 2.45) is 0 Å². The number of hydrogen-bond donors (Lipinski definition) is 1. The molecule has 23 heavy (non-hydrogen) atoms. The molecule has 0 spiro atoms. The third-order valence-corrected chi connectivity index (χ3v) is 3.92. The lowest BCUT2D eigenvalue weighted by Crippen LogP contribution is -2.63. The Morgan fingerprint density at radius 3 is 2.65 bits per heavy atom. The fourth-order valence-corrected chi connectivity index (χ4v) is 2.85. The van der Waals surface area contributed by atoms with Crippen LogP contribution < -0.4 is 0 Å². The maximum Gasteiger partial charge on any atom is 0.303 e. The second-order valence-corrected chi connectivity index (χ2v) is 5.52. The quantitative estimate of drug-likeness (QED) is 0.822. The number of carbonyl (C=O) groups is 1. The fraction of sp³-hybridized carbons (Fsp3) is 0.562. The molecule has 7 nitrogen and oxygen atoms in total. The summed E-state index contributed by atoms with van der Waals surface area (Å²) in [6, 6.07) is 9.41. The van der Waals surface area contributed by atoms with Crippen LogP contribution in [0.25, 0.3) is 0 Å². The number of aliphatic hydroxyl groups is 1. The topological polar surface area (TPSA) is 83.5 Å². The van der Waals surface area contributed by atoms with Crippen LogP contribution in [0.5, 0.6) is 0 Å². The predicted molar refractivity (Wildman–Crippen MR) is 77.2 cm³/mol. The molecule has 2 aliphatic heterocycles. The summed E-state index contributed by atoms with van der Waals surface area (Å²) in [6.07, 6.45) is -4.67. The molecular weight excluding hydrogens is 304 g/mol. The number of benzene rings is 1.